The van der Waals surface area contributed by atoms with Gasteiger partial charge in [0.25, 0.3) is 0 Å². The first-order valence-electron chi connectivity index (χ1n) is 7.67. The molecule has 0 radical (unpaired) electrons. The molecule has 1 aromatic rings. The molecule has 0 amide bonds. The lowest BCUT2D eigenvalue weighted by Crippen LogP contribution is -2.42. The van der Waals surface area contributed by atoms with Crippen LogP contribution in [0.1, 0.15) is 19.3 Å². The van der Waals surface area contributed by atoms with E-state index >= 15 is 0 Å². The van der Waals surface area contributed by atoms with Gasteiger partial charge < -0.3 is 25.6 Å². The van der Waals surface area contributed by atoms with Gasteiger partial charge in [-0.1, -0.05) is 12.1 Å². The van der Waals surface area contributed by atoms with E-state index in [0.717, 1.165) is 25.9 Å². The van der Waals surface area contributed by atoms with Gasteiger partial charge in [-0.25, -0.2) is 0 Å². The number of rotatable bonds is 7. The summed E-state index contributed by atoms with van der Waals surface area (Å²) < 4.78 is 5.57. The highest BCUT2D eigenvalue weighted by atomic mass is 16.5. The summed E-state index contributed by atoms with van der Waals surface area (Å²) in [5.41, 5.74) is 6.39. The molecule has 0 aromatic heterocycles. The van der Waals surface area contributed by atoms with Gasteiger partial charge in [0.1, 0.15) is 18.5 Å². The molecule has 0 aliphatic carbocycles. The predicted octanol–water partition coefficient (Wildman–Crippen LogP) is 1.10. The molecule has 118 valence electrons. The number of para-hydroxylation sites is 2. The van der Waals surface area contributed by atoms with Crippen LogP contribution in [0, 0.1) is 5.92 Å². The molecule has 21 heavy (non-hydrogen) atoms. The Labute approximate surface area is 126 Å². The lowest BCUT2D eigenvalue weighted by atomic mass is 9.95. The summed E-state index contributed by atoms with van der Waals surface area (Å²) in [6.45, 7) is 3.05. The number of β-amino-alcohol motifs (C(OH)–C–C–N with tert-alkyl or cyclic N) is 1. The van der Waals surface area contributed by atoms with E-state index in [1.165, 1.54) is 6.42 Å². The zero-order valence-electron chi connectivity index (χ0n) is 12.4. The molecule has 0 bridgehead atoms. The first-order chi connectivity index (χ1) is 10.2. The standard InChI is InChI=1S/C16H26N2O3/c17-15-5-1-2-6-16(15)21-12-14(20)11-18-8-3-4-13(10-18)7-9-19/h1-2,5-6,13-14,19-20H,3-4,7-12,17H2. The van der Waals surface area contributed by atoms with Crippen LogP contribution in [0.4, 0.5) is 5.69 Å². The number of nitrogen functional groups attached to an aromatic ring is 1. The summed E-state index contributed by atoms with van der Waals surface area (Å²) in [5, 5.41) is 19.1. The Hall–Kier alpha value is -1.30. The van der Waals surface area contributed by atoms with E-state index in [1.54, 1.807) is 12.1 Å². The van der Waals surface area contributed by atoms with Crippen molar-refractivity contribution in [3.8, 4) is 5.75 Å². The van der Waals surface area contributed by atoms with Gasteiger partial charge in [0, 0.05) is 19.7 Å². The highest BCUT2D eigenvalue weighted by Gasteiger charge is 2.21. The summed E-state index contributed by atoms with van der Waals surface area (Å²) in [6.07, 6.45) is 2.62. The first kappa shape index (κ1) is 16.1. The highest BCUT2D eigenvalue weighted by molar-refractivity contribution is 5.51. The van der Waals surface area contributed by atoms with Crippen molar-refractivity contribution in [2.75, 3.05) is 38.6 Å². The van der Waals surface area contributed by atoms with Crippen molar-refractivity contribution in [3.63, 3.8) is 0 Å². The van der Waals surface area contributed by atoms with Crippen molar-refractivity contribution < 1.29 is 14.9 Å². The van der Waals surface area contributed by atoms with Crippen molar-refractivity contribution in [3.05, 3.63) is 24.3 Å². The Balaban J connectivity index is 1.74. The quantitative estimate of drug-likeness (QED) is 0.656. The molecule has 1 fully saturated rings. The minimum Gasteiger partial charge on any atom is -0.489 e. The smallest absolute Gasteiger partial charge is 0.142 e. The third-order valence-electron chi connectivity index (χ3n) is 3.96. The van der Waals surface area contributed by atoms with E-state index in [2.05, 4.69) is 4.90 Å². The Bertz CT molecular complexity index is 426. The monoisotopic (exact) mass is 294 g/mol. The van der Waals surface area contributed by atoms with E-state index in [1.807, 2.05) is 12.1 Å². The van der Waals surface area contributed by atoms with Gasteiger partial charge in [0.05, 0.1) is 5.69 Å². The number of ether oxygens (including phenoxy) is 1. The third kappa shape index (κ3) is 5.19. The van der Waals surface area contributed by atoms with Crippen molar-refractivity contribution in [1.82, 2.24) is 4.90 Å². The molecule has 2 rings (SSSR count). The van der Waals surface area contributed by atoms with Gasteiger partial charge in [-0.15, -0.1) is 0 Å². The summed E-state index contributed by atoms with van der Waals surface area (Å²) in [7, 11) is 0. The maximum absolute atomic E-state index is 10.1. The fourth-order valence-corrected chi connectivity index (χ4v) is 2.88. The van der Waals surface area contributed by atoms with E-state index in [9.17, 15) is 5.11 Å². The summed E-state index contributed by atoms with van der Waals surface area (Å²) in [4.78, 5) is 2.26. The molecule has 1 heterocycles. The van der Waals surface area contributed by atoms with Crippen LogP contribution in [-0.2, 0) is 0 Å². The maximum atomic E-state index is 10.1. The normalized spacial score (nSPS) is 21.1. The van der Waals surface area contributed by atoms with Gasteiger partial charge in [0.15, 0.2) is 0 Å². The molecule has 5 nitrogen and oxygen atoms in total. The molecule has 1 aliphatic rings. The summed E-state index contributed by atoms with van der Waals surface area (Å²) in [6, 6.07) is 7.31. The number of benzene rings is 1. The van der Waals surface area contributed by atoms with E-state index in [0.29, 0.717) is 23.9 Å². The highest BCUT2D eigenvalue weighted by Crippen LogP contribution is 2.21. The van der Waals surface area contributed by atoms with E-state index in [4.69, 9.17) is 15.6 Å². The molecule has 1 aliphatic heterocycles. The summed E-state index contributed by atoms with van der Waals surface area (Å²) >= 11 is 0. The fourth-order valence-electron chi connectivity index (χ4n) is 2.88. The van der Waals surface area contributed by atoms with Crippen LogP contribution in [0.15, 0.2) is 24.3 Å². The molecular formula is C16H26N2O3. The Kier molecular flexibility index (Phi) is 6.29. The maximum Gasteiger partial charge on any atom is 0.142 e. The van der Waals surface area contributed by atoms with E-state index in [-0.39, 0.29) is 13.2 Å². The van der Waals surface area contributed by atoms with Crippen molar-refractivity contribution >= 4 is 5.69 Å². The van der Waals surface area contributed by atoms with Crippen LogP contribution in [0.5, 0.6) is 5.75 Å². The zero-order valence-corrected chi connectivity index (χ0v) is 12.4. The van der Waals surface area contributed by atoms with Gasteiger partial charge in [-0.05, 0) is 43.9 Å². The second-order valence-electron chi connectivity index (χ2n) is 5.78. The minimum absolute atomic E-state index is 0.245. The van der Waals surface area contributed by atoms with Crippen LogP contribution >= 0.6 is 0 Å². The van der Waals surface area contributed by atoms with Crippen molar-refractivity contribution in [2.45, 2.75) is 25.4 Å². The van der Waals surface area contributed by atoms with Crippen molar-refractivity contribution in [2.24, 2.45) is 5.92 Å². The molecule has 1 saturated heterocycles. The zero-order chi connectivity index (χ0) is 15.1. The molecule has 1 aromatic carbocycles. The van der Waals surface area contributed by atoms with Crippen LogP contribution < -0.4 is 10.5 Å². The number of likely N-dealkylation sites (tertiary alicyclic amines) is 1. The number of hydrogen-bond acceptors (Lipinski definition) is 5. The second-order valence-corrected chi connectivity index (χ2v) is 5.78. The Morgan fingerprint density at radius 2 is 2.19 bits per heavy atom. The average molecular weight is 294 g/mol. The van der Waals surface area contributed by atoms with E-state index < -0.39 is 6.10 Å². The molecular weight excluding hydrogens is 268 g/mol. The topological polar surface area (TPSA) is 79.0 Å². The van der Waals surface area contributed by atoms with Crippen LogP contribution in [0.25, 0.3) is 0 Å². The number of anilines is 1. The van der Waals surface area contributed by atoms with Gasteiger partial charge >= 0.3 is 0 Å². The number of hydrogen-bond donors (Lipinski definition) is 3. The molecule has 2 atom stereocenters. The molecule has 0 saturated carbocycles. The number of aliphatic hydroxyl groups is 2. The number of nitrogens with zero attached hydrogens (tertiary/aromatic N) is 1. The summed E-state index contributed by atoms with van der Waals surface area (Å²) in [5.74, 6) is 1.16. The van der Waals surface area contributed by atoms with Gasteiger partial charge in [-0.2, -0.15) is 0 Å². The number of nitrogens with two attached hydrogens (primary N) is 1. The number of aliphatic hydroxyl groups excluding tert-OH is 2. The van der Waals surface area contributed by atoms with Gasteiger partial charge in [-0.3, -0.25) is 0 Å². The SMILES string of the molecule is Nc1ccccc1OCC(O)CN1CCCC(CCO)C1. The second kappa shape index (κ2) is 8.22. The van der Waals surface area contributed by atoms with Gasteiger partial charge in [0.2, 0.25) is 0 Å². The predicted molar refractivity (Wildman–Crippen MR) is 83.2 cm³/mol. The molecule has 4 N–H and O–H groups in total. The fraction of sp³-hybridized carbons (Fsp3) is 0.625. The minimum atomic E-state index is -0.530. The lowest BCUT2D eigenvalue weighted by Gasteiger charge is -2.33. The van der Waals surface area contributed by atoms with Crippen LogP contribution in [0.3, 0.4) is 0 Å². The molecule has 2 unspecified atom stereocenters. The Morgan fingerprint density at radius 1 is 1.38 bits per heavy atom. The van der Waals surface area contributed by atoms with Crippen LogP contribution in [-0.4, -0.2) is 54.1 Å². The lowest BCUT2D eigenvalue weighted by molar-refractivity contribution is 0.0489. The van der Waals surface area contributed by atoms with Crippen molar-refractivity contribution in [1.29, 1.82) is 0 Å². The first-order valence-corrected chi connectivity index (χ1v) is 7.67. The largest absolute Gasteiger partial charge is 0.489 e. The molecule has 0 spiro atoms. The number of piperidine rings is 1. The molecule has 5 heteroatoms. The third-order valence-corrected chi connectivity index (χ3v) is 3.96. The Morgan fingerprint density at radius 3 is 2.95 bits per heavy atom. The average Bonchev–Trinajstić information content (AvgIpc) is 2.47. The van der Waals surface area contributed by atoms with Crippen LogP contribution in [0.2, 0.25) is 0 Å².